The SMILES string of the molecule is COc1c(Cl)c(OC)c2c(c1Cl)OCC2=O. The van der Waals surface area contributed by atoms with Gasteiger partial charge in [-0.15, -0.1) is 0 Å². The third kappa shape index (κ3) is 1.41. The van der Waals surface area contributed by atoms with Crippen molar-refractivity contribution in [2.45, 2.75) is 0 Å². The van der Waals surface area contributed by atoms with Crippen molar-refractivity contribution in [3.63, 3.8) is 0 Å². The smallest absolute Gasteiger partial charge is 0.207 e. The van der Waals surface area contributed by atoms with E-state index < -0.39 is 0 Å². The minimum atomic E-state index is -0.210. The number of hydrogen-bond acceptors (Lipinski definition) is 4. The monoisotopic (exact) mass is 262 g/mol. The zero-order valence-corrected chi connectivity index (χ0v) is 10.1. The number of Topliss-reactive ketones (excluding diaryl/α,β-unsaturated/α-hetero) is 1. The molecule has 1 aromatic rings. The molecule has 0 atom stereocenters. The van der Waals surface area contributed by atoms with Gasteiger partial charge in [0.15, 0.2) is 23.9 Å². The van der Waals surface area contributed by atoms with Crippen molar-refractivity contribution in [3.8, 4) is 17.2 Å². The van der Waals surface area contributed by atoms with Crippen molar-refractivity contribution in [2.75, 3.05) is 20.8 Å². The Balaban J connectivity index is 2.80. The molecule has 4 nitrogen and oxygen atoms in total. The first kappa shape index (κ1) is 11.4. The molecule has 6 heteroatoms. The molecule has 0 amide bonds. The molecule has 0 bridgehead atoms. The Kier molecular flexibility index (Phi) is 2.86. The molecule has 0 radical (unpaired) electrons. The number of hydrogen-bond donors (Lipinski definition) is 0. The van der Waals surface area contributed by atoms with Crippen LogP contribution in [0.15, 0.2) is 0 Å². The van der Waals surface area contributed by atoms with Gasteiger partial charge in [0.1, 0.15) is 15.6 Å². The molecule has 1 aromatic carbocycles. The van der Waals surface area contributed by atoms with Gasteiger partial charge in [-0.05, 0) is 0 Å². The molecule has 1 aliphatic heterocycles. The number of halogens is 2. The summed E-state index contributed by atoms with van der Waals surface area (Å²) < 4.78 is 15.3. The third-order valence-corrected chi connectivity index (χ3v) is 2.97. The summed E-state index contributed by atoms with van der Waals surface area (Å²) in [6.45, 7) is -0.0606. The Labute approximate surface area is 102 Å². The Morgan fingerprint density at radius 3 is 2.31 bits per heavy atom. The van der Waals surface area contributed by atoms with Crippen molar-refractivity contribution < 1.29 is 19.0 Å². The van der Waals surface area contributed by atoms with Crippen LogP contribution in [-0.4, -0.2) is 26.6 Å². The minimum absolute atomic E-state index is 0.0606. The van der Waals surface area contributed by atoms with E-state index in [4.69, 9.17) is 37.4 Å². The molecule has 16 heavy (non-hydrogen) atoms. The maximum absolute atomic E-state index is 11.6. The number of benzene rings is 1. The van der Waals surface area contributed by atoms with Crippen molar-refractivity contribution in [1.29, 1.82) is 0 Å². The lowest BCUT2D eigenvalue weighted by atomic mass is 10.1. The van der Waals surface area contributed by atoms with E-state index in [0.717, 1.165) is 0 Å². The largest absolute Gasteiger partial charge is 0.494 e. The number of rotatable bonds is 2. The van der Waals surface area contributed by atoms with Gasteiger partial charge in [0, 0.05) is 0 Å². The van der Waals surface area contributed by atoms with E-state index in [9.17, 15) is 4.79 Å². The Hall–Kier alpha value is -1.13. The summed E-state index contributed by atoms with van der Waals surface area (Å²) in [5.74, 6) is 0.539. The van der Waals surface area contributed by atoms with Crippen LogP contribution in [0.25, 0.3) is 0 Å². The van der Waals surface area contributed by atoms with E-state index in [1.54, 1.807) is 0 Å². The summed E-state index contributed by atoms with van der Waals surface area (Å²) in [6.07, 6.45) is 0. The van der Waals surface area contributed by atoms with Gasteiger partial charge < -0.3 is 14.2 Å². The molecular weight excluding hydrogens is 255 g/mol. The second-order valence-corrected chi connectivity index (χ2v) is 3.87. The fraction of sp³-hybridized carbons (Fsp3) is 0.300. The molecule has 1 aliphatic rings. The van der Waals surface area contributed by atoms with Crippen LogP contribution < -0.4 is 14.2 Å². The summed E-state index contributed by atoms with van der Waals surface area (Å²) >= 11 is 12.0. The highest BCUT2D eigenvalue weighted by Gasteiger charge is 2.33. The van der Waals surface area contributed by atoms with Crippen molar-refractivity contribution in [3.05, 3.63) is 15.6 Å². The molecule has 0 saturated heterocycles. The molecule has 0 spiro atoms. The summed E-state index contributed by atoms with van der Waals surface area (Å²) in [7, 11) is 2.84. The summed E-state index contributed by atoms with van der Waals surface area (Å²) in [6, 6.07) is 0. The van der Waals surface area contributed by atoms with E-state index in [1.165, 1.54) is 14.2 Å². The molecular formula is C10H8Cl2O4. The maximum atomic E-state index is 11.6. The number of fused-ring (bicyclic) bond motifs is 1. The van der Waals surface area contributed by atoms with E-state index in [-0.39, 0.29) is 45.2 Å². The highest BCUT2D eigenvalue weighted by molar-refractivity contribution is 6.40. The van der Waals surface area contributed by atoms with Crippen LogP contribution >= 0.6 is 23.2 Å². The van der Waals surface area contributed by atoms with Gasteiger partial charge in [-0.2, -0.15) is 0 Å². The van der Waals surface area contributed by atoms with E-state index >= 15 is 0 Å². The zero-order chi connectivity index (χ0) is 11.9. The highest BCUT2D eigenvalue weighted by atomic mass is 35.5. The number of methoxy groups -OCH3 is 2. The molecule has 86 valence electrons. The molecule has 0 N–H and O–H groups in total. The summed E-state index contributed by atoms with van der Waals surface area (Å²) in [4.78, 5) is 11.6. The zero-order valence-electron chi connectivity index (χ0n) is 8.60. The fourth-order valence-corrected chi connectivity index (χ4v) is 2.31. The minimum Gasteiger partial charge on any atom is -0.494 e. The van der Waals surface area contributed by atoms with Crippen LogP contribution in [0.5, 0.6) is 17.2 Å². The molecule has 0 fully saturated rings. The summed E-state index contributed by atoms with van der Waals surface area (Å²) in [5.41, 5.74) is 0.276. The Morgan fingerprint density at radius 2 is 1.75 bits per heavy atom. The highest BCUT2D eigenvalue weighted by Crippen LogP contribution is 2.51. The summed E-state index contributed by atoms with van der Waals surface area (Å²) in [5, 5.41) is 0.363. The van der Waals surface area contributed by atoms with Gasteiger partial charge in [0.25, 0.3) is 0 Å². The van der Waals surface area contributed by atoms with Crippen molar-refractivity contribution in [2.24, 2.45) is 0 Å². The van der Waals surface area contributed by atoms with Crippen LogP contribution in [0.3, 0.4) is 0 Å². The van der Waals surface area contributed by atoms with Crippen LogP contribution in [-0.2, 0) is 0 Å². The second-order valence-electron chi connectivity index (χ2n) is 3.11. The lowest BCUT2D eigenvalue weighted by molar-refractivity contribution is 0.0959. The lowest BCUT2D eigenvalue weighted by Crippen LogP contribution is -2.01. The predicted molar refractivity (Wildman–Crippen MR) is 59.4 cm³/mol. The predicted octanol–water partition coefficient (Wildman–Crippen LogP) is 2.59. The van der Waals surface area contributed by atoms with Gasteiger partial charge in [-0.3, -0.25) is 4.79 Å². The van der Waals surface area contributed by atoms with E-state index in [2.05, 4.69) is 0 Å². The van der Waals surface area contributed by atoms with Gasteiger partial charge in [-0.25, -0.2) is 0 Å². The number of ketones is 1. The Morgan fingerprint density at radius 1 is 1.12 bits per heavy atom. The normalized spacial score (nSPS) is 13.4. The number of ether oxygens (including phenoxy) is 3. The van der Waals surface area contributed by atoms with Crippen LogP contribution in [0.1, 0.15) is 10.4 Å². The quantitative estimate of drug-likeness (QED) is 0.822. The third-order valence-electron chi connectivity index (χ3n) is 2.29. The number of carbonyl (C=O) groups excluding carboxylic acids is 1. The van der Waals surface area contributed by atoms with Crippen molar-refractivity contribution >= 4 is 29.0 Å². The molecule has 0 aromatic heterocycles. The molecule has 0 saturated carbocycles. The standard InChI is InChI=1S/C10H8Cl2O4/c1-14-8-5-4(13)3-16-9(5)7(12)10(15-2)6(8)11/h3H2,1-2H3. The van der Waals surface area contributed by atoms with Crippen LogP contribution in [0.2, 0.25) is 10.0 Å². The maximum Gasteiger partial charge on any atom is 0.207 e. The van der Waals surface area contributed by atoms with E-state index in [0.29, 0.717) is 0 Å². The van der Waals surface area contributed by atoms with Gasteiger partial charge >= 0.3 is 0 Å². The van der Waals surface area contributed by atoms with Crippen LogP contribution in [0, 0.1) is 0 Å². The average Bonchev–Trinajstić information content (AvgIpc) is 2.63. The van der Waals surface area contributed by atoms with Gasteiger partial charge in [0.2, 0.25) is 5.78 Å². The lowest BCUT2D eigenvalue weighted by Gasteiger charge is -2.13. The van der Waals surface area contributed by atoms with E-state index in [1.807, 2.05) is 0 Å². The first-order chi connectivity index (χ1) is 7.61. The fourth-order valence-electron chi connectivity index (χ4n) is 1.59. The average molecular weight is 263 g/mol. The molecule has 0 aliphatic carbocycles. The molecule has 2 rings (SSSR count). The van der Waals surface area contributed by atoms with Crippen molar-refractivity contribution in [1.82, 2.24) is 0 Å². The number of carbonyl (C=O) groups is 1. The second kappa shape index (κ2) is 4.03. The van der Waals surface area contributed by atoms with Gasteiger partial charge in [-0.1, -0.05) is 23.2 Å². The topological polar surface area (TPSA) is 44.8 Å². The molecule has 0 unspecified atom stereocenters. The Bertz CT molecular complexity index is 471. The molecule has 1 heterocycles. The van der Waals surface area contributed by atoms with Crippen LogP contribution in [0.4, 0.5) is 0 Å². The van der Waals surface area contributed by atoms with Gasteiger partial charge in [0.05, 0.1) is 14.2 Å². The first-order valence-corrected chi connectivity index (χ1v) is 5.16. The first-order valence-electron chi connectivity index (χ1n) is 4.40.